The number of pyridine rings is 2. The first kappa shape index (κ1) is 20.4. The van der Waals surface area contributed by atoms with E-state index in [1.807, 2.05) is 6.92 Å². The van der Waals surface area contributed by atoms with Gasteiger partial charge < -0.3 is 4.98 Å². The van der Waals surface area contributed by atoms with Crippen molar-refractivity contribution >= 4 is 10.9 Å². The van der Waals surface area contributed by atoms with Gasteiger partial charge in [-0.3, -0.25) is 9.78 Å². The van der Waals surface area contributed by atoms with Gasteiger partial charge >= 0.3 is 0 Å². The van der Waals surface area contributed by atoms with Gasteiger partial charge in [-0.25, -0.2) is 17.6 Å². The average Bonchev–Trinajstić information content (AvgIpc) is 2.64. The van der Waals surface area contributed by atoms with Crippen LogP contribution in [0, 0.1) is 17.8 Å². The molecule has 2 aliphatic rings. The van der Waals surface area contributed by atoms with Gasteiger partial charge in [0.15, 0.2) is 5.43 Å². The van der Waals surface area contributed by atoms with Crippen LogP contribution in [0.2, 0.25) is 0 Å². The number of H-pyrrole nitrogens is 1. The molecule has 2 fully saturated rings. The van der Waals surface area contributed by atoms with Gasteiger partial charge in [0, 0.05) is 55.8 Å². The van der Waals surface area contributed by atoms with Gasteiger partial charge in [0.25, 0.3) is 0 Å². The van der Waals surface area contributed by atoms with Crippen LogP contribution in [0.3, 0.4) is 0 Å². The minimum absolute atomic E-state index is 0.0683. The summed E-state index contributed by atoms with van der Waals surface area (Å²) in [4.78, 5) is 19.7. The molecule has 0 bridgehead atoms. The van der Waals surface area contributed by atoms with Gasteiger partial charge in [0.05, 0.1) is 10.9 Å². The molecule has 29 heavy (non-hydrogen) atoms. The van der Waals surface area contributed by atoms with Crippen LogP contribution in [0.5, 0.6) is 0 Å². The quantitative estimate of drug-likeness (QED) is 0.640. The van der Waals surface area contributed by atoms with Crippen LogP contribution < -0.4 is 5.43 Å². The molecule has 2 aromatic rings. The van der Waals surface area contributed by atoms with Crippen molar-refractivity contribution in [2.24, 2.45) is 17.8 Å². The second-order valence-electron chi connectivity index (χ2n) is 9.06. The summed E-state index contributed by atoms with van der Waals surface area (Å²) in [5.74, 6) is -6.10. The Morgan fingerprint density at radius 3 is 2.59 bits per heavy atom. The number of halogens is 4. The molecule has 7 heteroatoms. The number of nitrogens with one attached hydrogen (secondary N) is 1. The van der Waals surface area contributed by atoms with Gasteiger partial charge in [-0.05, 0) is 43.1 Å². The van der Waals surface area contributed by atoms with E-state index in [0.29, 0.717) is 35.9 Å². The molecule has 0 amide bonds. The first-order valence-electron chi connectivity index (χ1n) is 10.4. The third kappa shape index (κ3) is 4.33. The zero-order valence-electron chi connectivity index (χ0n) is 16.4. The zero-order chi connectivity index (χ0) is 20.8. The van der Waals surface area contributed by atoms with Gasteiger partial charge in [-0.15, -0.1) is 0 Å². The highest BCUT2D eigenvalue weighted by Crippen LogP contribution is 2.51. The van der Waals surface area contributed by atoms with Crippen molar-refractivity contribution in [3.8, 4) is 0 Å². The Labute approximate surface area is 166 Å². The summed E-state index contributed by atoms with van der Waals surface area (Å²) in [5.41, 5.74) is 0.866. The Hall–Kier alpha value is -1.92. The summed E-state index contributed by atoms with van der Waals surface area (Å²) in [6, 6.07) is 3.09. The molecule has 2 aliphatic carbocycles. The Morgan fingerprint density at radius 1 is 1.14 bits per heavy atom. The van der Waals surface area contributed by atoms with Crippen molar-refractivity contribution in [3.63, 3.8) is 0 Å². The fraction of sp³-hybridized carbons (Fsp3) is 0.636. The van der Waals surface area contributed by atoms with E-state index in [4.69, 9.17) is 0 Å². The number of aromatic amines is 1. The molecule has 2 aromatic heterocycles. The van der Waals surface area contributed by atoms with Crippen LogP contribution in [0.15, 0.2) is 29.3 Å². The molecule has 2 saturated carbocycles. The van der Waals surface area contributed by atoms with Crippen molar-refractivity contribution in [2.75, 3.05) is 0 Å². The van der Waals surface area contributed by atoms with Crippen molar-refractivity contribution in [1.82, 2.24) is 9.97 Å². The van der Waals surface area contributed by atoms with Gasteiger partial charge in [-0.2, -0.15) is 0 Å². The van der Waals surface area contributed by atoms with Crippen molar-refractivity contribution in [1.29, 1.82) is 0 Å². The number of alkyl halides is 4. The largest absolute Gasteiger partial charge is 0.358 e. The van der Waals surface area contributed by atoms with Crippen LogP contribution in [0.4, 0.5) is 17.6 Å². The summed E-state index contributed by atoms with van der Waals surface area (Å²) in [6.45, 7) is 1.82. The third-order valence-electron chi connectivity index (χ3n) is 6.88. The van der Waals surface area contributed by atoms with Crippen molar-refractivity contribution in [2.45, 2.75) is 69.6 Å². The molecule has 3 nitrogen and oxygen atoms in total. The van der Waals surface area contributed by atoms with Crippen LogP contribution in [-0.2, 0) is 0 Å². The van der Waals surface area contributed by atoms with Gasteiger partial charge in [0.2, 0.25) is 11.8 Å². The van der Waals surface area contributed by atoms with Crippen molar-refractivity contribution in [3.05, 3.63) is 40.4 Å². The van der Waals surface area contributed by atoms with Crippen LogP contribution in [0.25, 0.3) is 10.9 Å². The molecular weight excluding hydrogens is 384 g/mol. The molecule has 0 aliphatic heterocycles. The minimum Gasteiger partial charge on any atom is -0.358 e. The Kier molecular flexibility index (Phi) is 5.20. The minimum atomic E-state index is -2.80. The molecule has 0 radical (unpaired) electrons. The number of nitrogens with zero attached hydrogens (tertiary/aromatic N) is 1. The van der Waals surface area contributed by atoms with E-state index >= 15 is 0 Å². The smallest absolute Gasteiger partial charge is 0.249 e. The van der Waals surface area contributed by atoms with E-state index in [-0.39, 0.29) is 48.9 Å². The number of hydrogen-bond acceptors (Lipinski definition) is 2. The van der Waals surface area contributed by atoms with Crippen LogP contribution in [0.1, 0.15) is 63.5 Å². The molecule has 0 saturated heterocycles. The zero-order valence-corrected chi connectivity index (χ0v) is 16.4. The highest BCUT2D eigenvalue weighted by molar-refractivity contribution is 5.77. The lowest BCUT2D eigenvalue weighted by atomic mass is 9.65. The lowest BCUT2D eigenvalue weighted by Gasteiger charge is -2.43. The Bertz CT molecular complexity index is 932. The van der Waals surface area contributed by atoms with E-state index < -0.39 is 17.8 Å². The third-order valence-corrected chi connectivity index (χ3v) is 6.88. The highest BCUT2D eigenvalue weighted by atomic mass is 19.3. The molecule has 158 valence electrons. The SMILES string of the molecule is CC1CC(F)(F)CC(c2cc(=O)c3cnccc3[nH]2)C1CC1CCC(F)(F)CC1. The molecule has 3 atom stereocenters. The molecule has 1 N–H and O–H groups in total. The maximum absolute atomic E-state index is 14.5. The number of fused-ring (bicyclic) bond motifs is 1. The normalized spacial score (nSPS) is 29.8. The Balaban J connectivity index is 1.65. The van der Waals surface area contributed by atoms with Crippen LogP contribution >= 0.6 is 0 Å². The average molecular weight is 410 g/mol. The molecule has 3 unspecified atom stereocenters. The van der Waals surface area contributed by atoms with E-state index in [1.165, 1.54) is 12.3 Å². The van der Waals surface area contributed by atoms with E-state index in [9.17, 15) is 22.4 Å². The van der Waals surface area contributed by atoms with Gasteiger partial charge in [-0.1, -0.05) is 6.92 Å². The highest BCUT2D eigenvalue weighted by Gasteiger charge is 2.47. The number of aromatic nitrogens is 2. The molecule has 0 spiro atoms. The topological polar surface area (TPSA) is 45.8 Å². The monoisotopic (exact) mass is 410 g/mol. The summed E-state index contributed by atoms with van der Waals surface area (Å²) in [5, 5.41) is 0.429. The molecular formula is C22H26F4N2O. The fourth-order valence-corrected chi connectivity index (χ4v) is 5.34. The number of rotatable bonds is 3. The summed E-state index contributed by atoms with van der Waals surface area (Å²) >= 11 is 0. The van der Waals surface area contributed by atoms with Crippen molar-refractivity contribution < 1.29 is 17.6 Å². The maximum Gasteiger partial charge on any atom is 0.249 e. The first-order chi connectivity index (χ1) is 13.6. The second kappa shape index (κ2) is 7.40. The summed E-state index contributed by atoms with van der Waals surface area (Å²) in [7, 11) is 0. The van der Waals surface area contributed by atoms with Crippen LogP contribution in [-0.4, -0.2) is 21.8 Å². The van der Waals surface area contributed by atoms with E-state index in [1.54, 1.807) is 12.3 Å². The standard InChI is InChI=1S/C22H26F4N2O/c1-13-10-22(25,26)11-16(15(13)8-14-2-5-21(23,24)6-3-14)19-9-20(29)17-12-27-7-4-18(17)28-19/h4,7,9,12-16H,2-3,5-6,8,10-11H2,1H3,(H,28,29). The van der Waals surface area contributed by atoms with Gasteiger partial charge in [0.1, 0.15) is 0 Å². The summed E-state index contributed by atoms with van der Waals surface area (Å²) in [6.07, 6.45) is 3.76. The maximum atomic E-state index is 14.5. The fourth-order valence-electron chi connectivity index (χ4n) is 5.34. The predicted molar refractivity (Wildman–Crippen MR) is 103 cm³/mol. The molecule has 0 aromatic carbocycles. The predicted octanol–water partition coefficient (Wildman–Crippen LogP) is 5.90. The molecule has 2 heterocycles. The number of hydrogen-bond donors (Lipinski definition) is 1. The van der Waals surface area contributed by atoms with E-state index in [0.717, 1.165) is 0 Å². The summed E-state index contributed by atoms with van der Waals surface area (Å²) < 4.78 is 56.0. The van der Waals surface area contributed by atoms with E-state index in [2.05, 4.69) is 9.97 Å². The Morgan fingerprint density at radius 2 is 1.86 bits per heavy atom. The first-order valence-corrected chi connectivity index (χ1v) is 10.4. The lowest BCUT2D eigenvalue weighted by Crippen LogP contribution is -2.39. The lowest BCUT2D eigenvalue weighted by molar-refractivity contribution is -0.0845. The molecule has 4 rings (SSSR count). The second-order valence-corrected chi connectivity index (χ2v) is 9.06.